The third-order valence-corrected chi connectivity index (χ3v) is 4.34. The molecule has 1 saturated carbocycles. The molecular formula is C16H25NO2. The lowest BCUT2D eigenvalue weighted by molar-refractivity contribution is 0.192. The molecule has 1 fully saturated rings. The van der Waals surface area contributed by atoms with Crippen molar-refractivity contribution >= 4 is 0 Å². The standard InChI is InChI=1S/C16H25NO2/c1-11-6-13(7-12(2)16(11)19)8-17-9-14-4-3-5-15(14)10-18/h6-7,14-15,17-19H,3-5,8-10H2,1-2H3. The van der Waals surface area contributed by atoms with Crippen molar-refractivity contribution in [3.63, 3.8) is 0 Å². The van der Waals surface area contributed by atoms with Crippen molar-refractivity contribution in [1.29, 1.82) is 0 Å². The van der Waals surface area contributed by atoms with E-state index in [9.17, 15) is 10.2 Å². The molecule has 3 nitrogen and oxygen atoms in total. The second-order valence-electron chi connectivity index (χ2n) is 5.84. The Morgan fingerprint density at radius 3 is 2.42 bits per heavy atom. The molecule has 3 heteroatoms. The summed E-state index contributed by atoms with van der Waals surface area (Å²) < 4.78 is 0. The van der Waals surface area contributed by atoms with Gasteiger partial charge in [-0.3, -0.25) is 0 Å². The fraction of sp³-hybridized carbons (Fsp3) is 0.625. The number of aliphatic hydroxyl groups is 1. The molecule has 0 amide bonds. The number of hydrogen-bond donors (Lipinski definition) is 3. The van der Waals surface area contributed by atoms with Crippen LogP contribution in [0, 0.1) is 25.7 Å². The SMILES string of the molecule is Cc1cc(CNCC2CCCC2CO)cc(C)c1O. The van der Waals surface area contributed by atoms with Crippen LogP contribution >= 0.6 is 0 Å². The minimum absolute atomic E-state index is 0.323. The molecular weight excluding hydrogens is 238 g/mol. The van der Waals surface area contributed by atoms with Crippen LogP contribution in [0.25, 0.3) is 0 Å². The van der Waals surface area contributed by atoms with E-state index in [0.717, 1.165) is 24.2 Å². The minimum atomic E-state index is 0.323. The van der Waals surface area contributed by atoms with E-state index in [1.165, 1.54) is 24.8 Å². The summed E-state index contributed by atoms with van der Waals surface area (Å²) >= 11 is 0. The molecule has 1 aliphatic carbocycles. The number of rotatable bonds is 5. The molecule has 0 radical (unpaired) electrons. The lowest BCUT2D eigenvalue weighted by Crippen LogP contribution is -2.26. The van der Waals surface area contributed by atoms with Crippen LogP contribution in [0.5, 0.6) is 5.75 Å². The summed E-state index contributed by atoms with van der Waals surface area (Å²) in [6.45, 7) is 6.00. The van der Waals surface area contributed by atoms with Crippen molar-refractivity contribution in [3.8, 4) is 5.75 Å². The van der Waals surface area contributed by atoms with E-state index >= 15 is 0 Å². The lowest BCUT2D eigenvalue weighted by atomic mass is 9.97. The molecule has 3 N–H and O–H groups in total. The van der Waals surface area contributed by atoms with Crippen LogP contribution in [0.3, 0.4) is 0 Å². The Morgan fingerprint density at radius 2 is 1.79 bits per heavy atom. The van der Waals surface area contributed by atoms with E-state index in [-0.39, 0.29) is 0 Å². The molecule has 0 aromatic heterocycles. The van der Waals surface area contributed by atoms with Gasteiger partial charge in [0.25, 0.3) is 0 Å². The van der Waals surface area contributed by atoms with Crippen LogP contribution in [-0.4, -0.2) is 23.4 Å². The molecule has 2 unspecified atom stereocenters. The molecule has 0 saturated heterocycles. The molecule has 2 atom stereocenters. The van der Waals surface area contributed by atoms with Gasteiger partial charge in [0.15, 0.2) is 0 Å². The first kappa shape index (κ1) is 14.4. The van der Waals surface area contributed by atoms with Gasteiger partial charge in [-0.25, -0.2) is 0 Å². The zero-order valence-corrected chi connectivity index (χ0v) is 11.9. The Bertz CT molecular complexity index is 408. The number of phenolic OH excluding ortho intramolecular Hbond substituents is 1. The molecule has 0 spiro atoms. The van der Waals surface area contributed by atoms with Crippen molar-refractivity contribution in [3.05, 3.63) is 28.8 Å². The maximum absolute atomic E-state index is 9.75. The number of phenols is 1. The maximum atomic E-state index is 9.75. The van der Waals surface area contributed by atoms with Crippen LogP contribution in [0.2, 0.25) is 0 Å². The summed E-state index contributed by atoms with van der Waals surface area (Å²) in [5, 5.41) is 22.5. The van der Waals surface area contributed by atoms with Crippen LogP contribution < -0.4 is 5.32 Å². The first-order valence-electron chi connectivity index (χ1n) is 7.22. The summed E-state index contributed by atoms with van der Waals surface area (Å²) in [5.74, 6) is 1.50. The molecule has 1 aliphatic rings. The fourth-order valence-corrected chi connectivity index (χ4v) is 3.17. The Morgan fingerprint density at radius 1 is 1.16 bits per heavy atom. The van der Waals surface area contributed by atoms with Gasteiger partial charge in [-0.15, -0.1) is 0 Å². The van der Waals surface area contributed by atoms with Gasteiger partial charge in [0, 0.05) is 13.2 Å². The highest BCUT2D eigenvalue weighted by molar-refractivity contribution is 5.42. The van der Waals surface area contributed by atoms with E-state index in [4.69, 9.17) is 0 Å². The first-order valence-corrected chi connectivity index (χ1v) is 7.22. The van der Waals surface area contributed by atoms with Crippen molar-refractivity contribution < 1.29 is 10.2 Å². The number of aliphatic hydroxyl groups excluding tert-OH is 1. The number of aryl methyl sites for hydroxylation is 2. The Kier molecular flexibility index (Phi) is 4.83. The summed E-state index contributed by atoms with van der Waals surface area (Å²) in [7, 11) is 0. The van der Waals surface area contributed by atoms with Crippen molar-refractivity contribution in [1.82, 2.24) is 5.32 Å². The van der Waals surface area contributed by atoms with Gasteiger partial charge in [-0.05, 0) is 61.8 Å². The highest BCUT2D eigenvalue weighted by atomic mass is 16.3. The summed E-state index contributed by atoms with van der Waals surface area (Å²) in [6.07, 6.45) is 3.64. The van der Waals surface area contributed by atoms with Crippen molar-refractivity contribution in [2.75, 3.05) is 13.2 Å². The summed E-state index contributed by atoms with van der Waals surface area (Å²) in [4.78, 5) is 0. The quantitative estimate of drug-likeness (QED) is 0.765. The van der Waals surface area contributed by atoms with Gasteiger partial charge in [0.2, 0.25) is 0 Å². The average molecular weight is 263 g/mol. The average Bonchev–Trinajstić information content (AvgIpc) is 2.83. The van der Waals surface area contributed by atoms with Gasteiger partial charge in [-0.2, -0.15) is 0 Å². The van der Waals surface area contributed by atoms with Crippen LogP contribution in [0.4, 0.5) is 0 Å². The van der Waals surface area contributed by atoms with Gasteiger partial charge in [-0.1, -0.05) is 18.6 Å². The van der Waals surface area contributed by atoms with Crippen LogP contribution in [-0.2, 0) is 6.54 Å². The Hall–Kier alpha value is -1.06. The smallest absolute Gasteiger partial charge is 0.121 e. The predicted octanol–water partition coefficient (Wildman–Crippen LogP) is 2.51. The van der Waals surface area contributed by atoms with E-state index < -0.39 is 0 Å². The third-order valence-electron chi connectivity index (χ3n) is 4.34. The predicted molar refractivity (Wildman–Crippen MR) is 77.2 cm³/mol. The van der Waals surface area contributed by atoms with Gasteiger partial charge in [0.05, 0.1) is 0 Å². The van der Waals surface area contributed by atoms with Gasteiger partial charge < -0.3 is 15.5 Å². The van der Waals surface area contributed by atoms with Gasteiger partial charge in [0.1, 0.15) is 5.75 Å². The molecule has 19 heavy (non-hydrogen) atoms. The summed E-state index contributed by atoms with van der Waals surface area (Å²) in [6, 6.07) is 4.07. The number of benzene rings is 1. The number of nitrogens with one attached hydrogen (secondary N) is 1. The Balaban J connectivity index is 1.86. The van der Waals surface area contributed by atoms with Gasteiger partial charge >= 0.3 is 0 Å². The molecule has 2 rings (SSSR count). The largest absolute Gasteiger partial charge is 0.507 e. The third kappa shape index (κ3) is 3.48. The molecule has 1 aromatic carbocycles. The lowest BCUT2D eigenvalue weighted by Gasteiger charge is -2.18. The maximum Gasteiger partial charge on any atom is 0.121 e. The molecule has 1 aromatic rings. The normalized spacial score (nSPS) is 22.9. The second-order valence-corrected chi connectivity index (χ2v) is 5.84. The topological polar surface area (TPSA) is 52.5 Å². The Labute approximate surface area is 115 Å². The van der Waals surface area contributed by atoms with Crippen LogP contribution in [0.1, 0.15) is 36.0 Å². The monoisotopic (exact) mass is 263 g/mol. The number of aromatic hydroxyl groups is 1. The zero-order chi connectivity index (χ0) is 13.8. The molecule has 0 heterocycles. The fourth-order valence-electron chi connectivity index (χ4n) is 3.17. The van der Waals surface area contributed by atoms with Crippen molar-refractivity contribution in [2.45, 2.75) is 39.7 Å². The zero-order valence-electron chi connectivity index (χ0n) is 11.9. The van der Waals surface area contributed by atoms with Crippen LogP contribution in [0.15, 0.2) is 12.1 Å². The van der Waals surface area contributed by atoms with E-state index in [0.29, 0.717) is 24.2 Å². The van der Waals surface area contributed by atoms with Crippen molar-refractivity contribution in [2.24, 2.45) is 11.8 Å². The van der Waals surface area contributed by atoms with E-state index in [1.54, 1.807) is 0 Å². The molecule has 0 aliphatic heterocycles. The number of hydrogen-bond acceptors (Lipinski definition) is 3. The highest BCUT2D eigenvalue weighted by Gasteiger charge is 2.25. The summed E-state index contributed by atoms with van der Waals surface area (Å²) in [5.41, 5.74) is 3.09. The van der Waals surface area contributed by atoms with E-state index in [2.05, 4.69) is 5.32 Å². The molecule has 0 bridgehead atoms. The molecule has 106 valence electrons. The minimum Gasteiger partial charge on any atom is -0.507 e. The second kappa shape index (κ2) is 6.40. The van der Waals surface area contributed by atoms with E-state index in [1.807, 2.05) is 26.0 Å². The highest BCUT2D eigenvalue weighted by Crippen LogP contribution is 2.30. The first-order chi connectivity index (χ1) is 9.11.